The number of hydrogen-bond acceptors (Lipinski definition) is 5. The summed E-state index contributed by atoms with van der Waals surface area (Å²) in [7, 11) is -2.47. The monoisotopic (exact) mass is 499 g/mol. The second kappa shape index (κ2) is 11.9. The maximum Gasteiger partial charge on any atom is 0.698 e. The van der Waals surface area contributed by atoms with Crippen LogP contribution in [0.2, 0.25) is 10.0 Å². The van der Waals surface area contributed by atoms with Crippen LogP contribution in [0.25, 0.3) is 0 Å². The molecule has 4 unspecified atom stereocenters. The molecule has 0 spiro atoms. The highest BCUT2D eigenvalue weighted by molar-refractivity contribution is 7.33. The summed E-state index contributed by atoms with van der Waals surface area (Å²) in [6, 6.07) is 14.7. The maximum atomic E-state index is 13.0. The van der Waals surface area contributed by atoms with Gasteiger partial charge in [0.15, 0.2) is 0 Å². The van der Waals surface area contributed by atoms with E-state index >= 15 is 0 Å². The average Bonchev–Trinajstić information content (AvgIpc) is 2.80. The van der Waals surface area contributed by atoms with E-state index < -0.39 is 31.5 Å². The van der Waals surface area contributed by atoms with Crippen LogP contribution in [0.1, 0.15) is 64.5 Å². The van der Waals surface area contributed by atoms with Crippen LogP contribution in [0.4, 0.5) is 0 Å². The predicted molar refractivity (Wildman–Crippen MR) is 133 cm³/mol. The quantitative estimate of drug-likeness (QED) is 0.305. The molecule has 0 saturated carbocycles. The van der Waals surface area contributed by atoms with Gasteiger partial charge < -0.3 is 11.5 Å². The Balaban J connectivity index is 2.22. The molecule has 2 aromatic carbocycles. The molecule has 0 aliphatic heterocycles. The lowest BCUT2D eigenvalue weighted by atomic mass is 9.82. The molecule has 0 radical (unpaired) electrons. The van der Waals surface area contributed by atoms with Gasteiger partial charge in [0.1, 0.15) is 12.2 Å². The highest BCUT2D eigenvalue weighted by Crippen LogP contribution is 2.42. The van der Waals surface area contributed by atoms with Gasteiger partial charge in [-0.15, -0.1) is 9.05 Å². The molecule has 5 nitrogen and oxygen atoms in total. The van der Waals surface area contributed by atoms with Crippen molar-refractivity contribution in [3.05, 3.63) is 69.7 Å². The van der Waals surface area contributed by atoms with E-state index in [0.29, 0.717) is 35.7 Å². The van der Waals surface area contributed by atoms with Gasteiger partial charge in [0.2, 0.25) is 0 Å². The molecule has 0 aromatic heterocycles. The van der Waals surface area contributed by atoms with E-state index in [2.05, 4.69) is 0 Å². The zero-order valence-electron chi connectivity index (χ0n) is 19.2. The molecule has 2 aromatic rings. The van der Waals surface area contributed by atoms with Crippen molar-refractivity contribution in [1.29, 1.82) is 0 Å². The van der Waals surface area contributed by atoms with Crippen molar-refractivity contribution < 1.29 is 13.6 Å². The van der Waals surface area contributed by atoms with Crippen LogP contribution in [0.3, 0.4) is 0 Å². The Kier molecular flexibility index (Phi) is 10.1. The van der Waals surface area contributed by atoms with E-state index in [1.54, 1.807) is 24.3 Å². The number of halogens is 2. The van der Waals surface area contributed by atoms with Gasteiger partial charge >= 0.3 is 8.25 Å². The van der Waals surface area contributed by atoms with E-state index in [0.717, 1.165) is 11.1 Å². The van der Waals surface area contributed by atoms with Crippen molar-refractivity contribution in [2.45, 2.75) is 76.7 Å². The molecular formula is C24H34Cl2N2O3P+. The molecule has 0 aliphatic rings. The van der Waals surface area contributed by atoms with Crippen LogP contribution >= 0.6 is 31.5 Å². The lowest BCUT2D eigenvalue weighted by molar-refractivity contribution is 0.0466. The van der Waals surface area contributed by atoms with Gasteiger partial charge in [-0.1, -0.05) is 75.2 Å². The molecule has 4 atom stereocenters. The largest absolute Gasteiger partial charge is 0.698 e. The Labute approximate surface area is 202 Å². The molecule has 176 valence electrons. The summed E-state index contributed by atoms with van der Waals surface area (Å²) in [6.45, 7) is 7.86. The van der Waals surface area contributed by atoms with Crippen LogP contribution in [0.15, 0.2) is 48.5 Å². The van der Waals surface area contributed by atoms with Gasteiger partial charge in [0.25, 0.3) is 0 Å². The Morgan fingerprint density at radius 1 is 0.750 bits per heavy atom. The van der Waals surface area contributed by atoms with Crippen molar-refractivity contribution >= 4 is 31.5 Å². The van der Waals surface area contributed by atoms with Crippen LogP contribution in [0, 0.1) is 0 Å². The first-order valence-corrected chi connectivity index (χ1v) is 12.9. The summed E-state index contributed by atoms with van der Waals surface area (Å²) < 4.78 is 24.9. The van der Waals surface area contributed by atoms with Gasteiger partial charge in [0, 0.05) is 14.6 Å². The first-order valence-electron chi connectivity index (χ1n) is 11.0. The van der Waals surface area contributed by atoms with E-state index in [4.69, 9.17) is 43.7 Å². The highest BCUT2D eigenvalue weighted by Gasteiger charge is 2.46. The smallest absolute Gasteiger partial charge is 0.319 e. The number of nitrogens with two attached hydrogens (primary N) is 2. The average molecular weight is 500 g/mol. The molecule has 0 bridgehead atoms. The lowest BCUT2D eigenvalue weighted by Crippen LogP contribution is -2.49. The van der Waals surface area contributed by atoms with Crippen LogP contribution < -0.4 is 11.5 Å². The van der Waals surface area contributed by atoms with Crippen LogP contribution in [-0.4, -0.2) is 12.2 Å². The molecule has 0 saturated heterocycles. The zero-order valence-corrected chi connectivity index (χ0v) is 21.6. The lowest BCUT2D eigenvalue weighted by Gasteiger charge is -2.34. The van der Waals surface area contributed by atoms with Crippen LogP contribution in [-0.2, 0) is 24.7 Å². The standard InChI is InChI=1S/C24H34Cl2N2O3P/c1-5-21(23(27,7-3)17-9-13-19(25)14-10-17)30-32(29)31-22(6-2)24(28,8-4)18-11-15-20(26)16-12-18/h9-16,21-22H,5-8,27-28H2,1-4H3/q+1. The van der Waals surface area contributed by atoms with Crippen molar-refractivity contribution in [3.63, 3.8) is 0 Å². The summed E-state index contributed by atoms with van der Waals surface area (Å²) in [5.74, 6) is 0. The van der Waals surface area contributed by atoms with Crippen molar-refractivity contribution in [3.8, 4) is 0 Å². The van der Waals surface area contributed by atoms with Gasteiger partial charge in [-0.2, -0.15) is 0 Å². The van der Waals surface area contributed by atoms with Gasteiger partial charge in [0.05, 0.1) is 11.1 Å². The van der Waals surface area contributed by atoms with Crippen LogP contribution in [0.5, 0.6) is 0 Å². The second-order valence-corrected chi connectivity index (χ2v) is 9.77. The first-order chi connectivity index (χ1) is 15.1. The number of hydrogen-bond donors (Lipinski definition) is 2. The van der Waals surface area contributed by atoms with Gasteiger partial charge in [-0.25, -0.2) is 0 Å². The third-order valence-corrected chi connectivity index (χ3v) is 7.61. The van der Waals surface area contributed by atoms with Crippen molar-refractivity contribution in [2.24, 2.45) is 11.5 Å². The minimum absolute atomic E-state index is 0.515. The Bertz CT molecular complexity index is 810. The molecule has 0 amide bonds. The molecular weight excluding hydrogens is 466 g/mol. The van der Waals surface area contributed by atoms with E-state index in [1.807, 2.05) is 52.0 Å². The molecule has 4 N–H and O–H groups in total. The fourth-order valence-corrected chi connectivity index (χ4v) is 5.45. The summed E-state index contributed by atoms with van der Waals surface area (Å²) >= 11 is 12.1. The second-order valence-electron chi connectivity index (χ2n) is 8.03. The molecule has 0 fully saturated rings. The summed E-state index contributed by atoms with van der Waals surface area (Å²) in [6.07, 6.45) is 1.28. The summed E-state index contributed by atoms with van der Waals surface area (Å²) in [5.41, 5.74) is 13.6. The molecule has 8 heteroatoms. The first kappa shape index (κ1) is 27.2. The minimum atomic E-state index is -2.47. The van der Waals surface area contributed by atoms with Crippen molar-refractivity contribution in [2.75, 3.05) is 0 Å². The third kappa shape index (κ3) is 6.09. The maximum absolute atomic E-state index is 13.0. The highest BCUT2D eigenvalue weighted by atomic mass is 35.5. The minimum Gasteiger partial charge on any atom is -0.319 e. The molecule has 2 rings (SSSR count). The fourth-order valence-electron chi connectivity index (χ4n) is 4.05. The van der Waals surface area contributed by atoms with E-state index in [9.17, 15) is 4.57 Å². The topological polar surface area (TPSA) is 87.6 Å². The molecule has 0 aliphatic carbocycles. The number of rotatable bonds is 12. The Morgan fingerprint density at radius 2 is 1.06 bits per heavy atom. The zero-order chi connectivity index (χ0) is 23.9. The SMILES string of the molecule is CCC(O[P+](=O)OC(CC)C(N)(CC)c1ccc(Cl)cc1)C(N)(CC)c1ccc(Cl)cc1. The summed E-state index contributed by atoms with van der Waals surface area (Å²) in [4.78, 5) is 0. The third-order valence-electron chi connectivity index (χ3n) is 6.25. The Hall–Kier alpha value is -1.04. The predicted octanol–water partition coefficient (Wildman–Crippen LogP) is 7.07. The summed E-state index contributed by atoms with van der Waals surface area (Å²) in [5, 5.41) is 1.25. The van der Waals surface area contributed by atoms with Crippen molar-refractivity contribution in [1.82, 2.24) is 0 Å². The van der Waals surface area contributed by atoms with E-state index in [1.165, 1.54) is 0 Å². The van der Waals surface area contributed by atoms with E-state index in [-0.39, 0.29) is 0 Å². The fraction of sp³-hybridized carbons (Fsp3) is 0.500. The number of benzene rings is 2. The molecule has 32 heavy (non-hydrogen) atoms. The normalized spacial score (nSPS) is 17.8. The van der Waals surface area contributed by atoms with Gasteiger partial charge in [-0.3, -0.25) is 0 Å². The molecule has 0 heterocycles. The Morgan fingerprint density at radius 3 is 1.31 bits per heavy atom. The van der Waals surface area contributed by atoms with Gasteiger partial charge in [-0.05, 0) is 61.1 Å².